The minimum atomic E-state index is 0.773. The Kier molecular flexibility index (Phi) is 8.45. The highest BCUT2D eigenvalue weighted by molar-refractivity contribution is 5.79. The quantitative estimate of drug-likeness (QED) is 0.502. The van der Waals surface area contributed by atoms with Crippen LogP contribution in [0.1, 0.15) is 31.7 Å². The summed E-state index contributed by atoms with van der Waals surface area (Å²) in [6, 6.07) is 8.10. The molecule has 0 amide bonds. The first-order valence-electron chi connectivity index (χ1n) is 9.29. The molecule has 7 heteroatoms. The Labute approximate surface area is 155 Å². The van der Waals surface area contributed by atoms with Crippen LogP contribution in [-0.2, 0) is 19.4 Å². The smallest absolute Gasteiger partial charge is 0.191 e. The van der Waals surface area contributed by atoms with E-state index in [2.05, 4.69) is 50.3 Å². The van der Waals surface area contributed by atoms with Gasteiger partial charge in [0.1, 0.15) is 17.9 Å². The fourth-order valence-electron chi connectivity index (χ4n) is 2.66. The van der Waals surface area contributed by atoms with Gasteiger partial charge >= 0.3 is 0 Å². The monoisotopic (exact) mass is 358 g/mol. The molecule has 0 aliphatic heterocycles. The number of hydrogen-bond acceptors (Lipinski definition) is 4. The minimum absolute atomic E-state index is 0.773. The number of methoxy groups -OCH3 is 1. The highest BCUT2D eigenvalue weighted by Gasteiger charge is 2.04. The summed E-state index contributed by atoms with van der Waals surface area (Å²) in [7, 11) is 1.71. The molecule has 2 rings (SSSR count). The van der Waals surface area contributed by atoms with E-state index >= 15 is 0 Å². The van der Waals surface area contributed by atoms with Crippen LogP contribution in [0.5, 0.6) is 5.75 Å². The Morgan fingerprint density at radius 3 is 2.77 bits per heavy atom. The first-order chi connectivity index (χ1) is 12.8. The molecule has 2 aromatic rings. The predicted molar refractivity (Wildman–Crippen MR) is 105 cm³/mol. The molecule has 0 atom stereocenters. The van der Waals surface area contributed by atoms with Crippen molar-refractivity contribution in [1.82, 2.24) is 25.4 Å². The normalized spacial score (nSPS) is 11.4. The van der Waals surface area contributed by atoms with Crippen LogP contribution in [-0.4, -0.2) is 47.5 Å². The molecular weight excluding hydrogens is 328 g/mol. The van der Waals surface area contributed by atoms with Crippen LogP contribution in [0.25, 0.3) is 0 Å². The van der Waals surface area contributed by atoms with Crippen LogP contribution in [0.4, 0.5) is 0 Å². The number of guanidine groups is 1. The van der Waals surface area contributed by atoms with E-state index in [4.69, 9.17) is 4.74 Å². The number of rotatable bonds is 10. The van der Waals surface area contributed by atoms with Crippen molar-refractivity contribution < 1.29 is 4.74 Å². The molecule has 0 radical (unpaired) electrons. The van der Waals surface area contributed by atoms with E-state index in [-0.39, 0.29) is 0 Å². The lowest BCUT2D eigenvalue weighted by Crippen LogP contribution is -2.40. The number of aromatic nitrogens is 3. The van der Waals surface area contributed by atoms with Gasteiger partial charge in [-0.25, -0.2) is 0 Å². The summed E-state index contributed by atoms with van der Waals surface area (Å²) in [6.45, 7) is 7.40. The van der Waals surface area contributed by atoms with Gasteiger partial charge < -0.3 is 19.9 Å². The lowest BCUT2D eigenvalue weighted by molar-refractivity contribution is 0.409. The number of hydrogen-bond donors (Lipinski definition) is 2. The van der Waals surface area contributed by atoms with Crippen molar-refractivity contribution in [2.75, 3.05) is 26.7 Å². The Bertz CT molecular complexity index is 682. The van der Waals surface area contributed by atoms with Gasteiger partial charge in [0.15, 0.2) is 5.96 Å². The number of aryl methyl sites for hydroxylation is 1. The second kappa shape index (κ2) is 11.1. The van der Waals surface area contributed by atoms with E-state index in [1.807, 2.05) is 18.2 Å². The zero-order valence-electron chi connectivity index (χ0n) is 16.0. The number of para-hydroxylation sites is 1. The lowest BCUT2D eigenvalue weighted by atomic mass is 10.1. The molecule has 0 aliphatic carbocycles. The highest BCUT2D eigenvalue weighted by Crippen LogP contribution is 2.17. The molecule has 0 bridgehead atoms. The summed E-state index contributed by atoms with van der Waals surface area (Å²) in [5.74, 6) is 2.77. The predicted octanol–water partition coefficient (Wildman–Crippen LogP) is 2.04. The van der Waals surface area contributed by atoms with Gasteiger partial charge in [-0.1, -0.05) is 32.0 Å². The average molecular weight is 358 g/mol. The zero-order valence-corrected chi connectivity index (χ0v) is 16.0. The van der Waals surface area contributed by atoms with Gasteiger partial charge in [0.25, 0.3) is 0 Å². The van der Waals surface area contributed by atoms with E-state index in [1.54, 1.807) is 13.4 Å². The molecule has 1 heterocycles. The average Bonchev–Trinajstić information content (AvgIpc) is 3.13. The van der Waals surface area contributed by atoms with Crippen molar-refractivity contribution >= 4 is 5.96 Å². The van der Waals surface area contributed by atoms with Crippen LogP contribution in [0, 0.1) is 0 Å². The topological polar surface area (TPSA) is 76.4 Å². The van der Waals surface area contributed by atoms with Gasteiger partial charge in [0.2, 0.25) is 0 Å². The first-order valence-corrected chi connectivity index (χ1v) is 9.29. The fourth-order valence-corrected chi connectivity index (χ4v) is 2.66. The maximum Gasteiger partial charge on any atom is 0.191 e. The summed E-state index contributed by atoms with van der Waals surface area (Å²) >= 11 is 0. The van der Waals surface area contributed by atoms with E-state index in [0.29, 0.717) is 0 Å². The van der Waals surface area contributed by atoms with Crippen LogP contribution in [0.3, 0.4) is 0 Å². The van der Waals surface area contributed by atoms with Gasteiger partial charge in [-0.2, -0.15) is 0 Å². The molecule has 1 aromatic carbocycles. The van der Waals surface area contributed by atoms with Crippen molar-refractivity contribution in [2.45, 2.75) is 39.7 Å². The molecule has 0 saturated heterocycles. The fraction of sp³-hybridized carbons (Fsp3) is 0.526. The third-order valence-corrected chi connectivity index (χ3v) is 4.03. The molecule has 0 spiro atoms. The standard InChI is InChI=1S/C19H30N6O/c1-4-11-20-19(22-13-14-25-15-23-24-18(25)5-2)21-12-10-16-8-6-7-9-17(16)26-3/h6-9,15H,4-5,10-14H2,1-3H3,(H2,20,21,22). The first kappa shape index (κ1) is 19.8. The molecular formula is C19H30N6O. The maximum absolute atomic E-state index is 5.41. The van der Waals surface area contributed by atoms with E-state index in [9.17, 15) is 0 Å². The van der Waals surface area contributed by atoms with E-state index in [1.165, 1.54) is 5.56 Å². The van der Waals surface area contributed by atoms with E-state index < -0.39 is 0 Å². The van der Waals surface area contributed by atoms with E-state index in [0.717, 1.165) is 63.0 Å². The summed E-state index contributed by atoms with van der Waals surface area (Å²) in [6.07, 6.45) is 4.56. The number of nitrogens with one attached hydrogen (secondary N) is 2. The van der Waals surface area contributed by atoms with Crippen molar-refractivity contribution in [3.05, 3.63) is 42.0 Å². The Balaban J connectivity index is 1.83. The van der Waals surface area contributed by atoms with Gasteiger partial charge in [-0.05, 0) is 24.5 Å². The van der Waals surface area contributed by atoms with Crippen molar-refractivity contribution in [2.24, 2.45) is 4.99 Å². The molecule has 1 aromatic heterocycles. The molecule has 0 saturated carbocycles. The van der Waals surface area contributed by atoms with Crippen molar-refractivity contribution in [3.8, 4) is 5.75 Å². The molecule has 0 unspecified atom stereocenters. The number of benzene rings is 1. The summed E-state index contributed by atoms with van der Waals surface area (Å²) < 4.78 is 7.48. The van der Waals surface area contributed by atoms with Crippen LogP contribution in [0.2, 0.25) is 0 Å². The molecule has 142 valence electrons. The second-order valence-corrected chi connectivity index (χ2v) is 5.94. The zero-order chi connectivity index (χ0) is 18.6. The summed E-state index contributed by atoms with van der Waals surface area (Å²) in [5.41, 5.74) is 1.19. The number of ether oxygens (including phenoxy) is 1. The van der Waals surface area contributed by atoms with Crippen LogP contribution in [0.15, 0.2) is 35.6 Å². The molecule has 0 aliphatic rings. The van der Waals surface area contributed by atoms with Gasteiger partial charge in [-0.15, -0.1) is 10.2 Å². The minimum Gasteiger partial charge on any atom is -0.496 e. The van der Waals surface area contributed by atoms with Crippen LogP contribution < -0.4 is 15.4 Å². The molecule has 0 fully saturated rings. The third kappa shape index (κ3) is 6.06. The Morgan fingerprint density at radius 1 is 1.19 bits per heavy atom. The Morgan fingerprint density at radius 2 is 2.00 bits per heavy atom. The summed E-state index contributed by atoms with van der Waals surface area (Å²) in [4.78, 5) is 4.60. The van der Waals surface area contributed by atoms with Crippen molar-refractivity contribution in [3.63, 3.8) is 0 Å². The summed E-state index contributed by atoms with van der Waals surface area (Å²) in [5, 5.41) is 14.9. The SMILES string of the molecule is CCCN=C(NCCc1ccccc1OC)NCCn1cnnc1CC. The number of nitrogens with zero attached hydrogens (tertiary/aromatic N) is 4. The Hall–Kier alpha value is -2.57. The molecule has 26 heavy (non-hydrogen) atoms. The van der Waals surface area contributed by atoms with Crippen molar-refractivity contribution in [1.29, 1.82) is 0 Å². The molecule has 7 nitrogen and oxygen atoms in total. The largest absolute Gasteiger partial charge is 0.496 e. The molecule has 2 N–H and O–H groups in total. The van der Waals surface area contributed by atoms with Gasteiger partial charge in [0, 0.05) is 32.6 Å². The third-order valence-electron chi connectivity index (χ3n) is 4.03. The number of aliphatic imine (C=N–C) groups is 1. The highest BCUT2D eigenvalue weighted by atomic mass is 16.5. The van der Waals surface area contributed by atoms with Crippen LogP contribution >= 0.6 is 0 Å². The second-order valence-electron chi connectivity index (χ2n) is 5.94. The lowest BCUT2D eigenvalue weighted by Gasteiger charge is -2.14. The maximum atomic E-state index is 5.41. The van der Waals surface area contributed by atoms with Gasteiger partial charge in [0.05, 0.1) is 7.11 Å². The van der Waals surface area contributed by atoms with Gasteiger partial charge in [-0.3, -0.25) is 4.99 Å².